The number of hydrogen-bond donors (Lipinski definition) is 1. The zero-order chi connectivity index (χ0) is 20.9. The summed E-state index contributed by atoms with van der Waals surface area (Å²) in [5.41, 5.74) is -1.87. The minimum Gasteiger partial charge on any atom is -0.476 e. The summed E-state index contributed by atoms with van der Waals surface area (Å²) < 4.78 is 9.02. The van der Waals surface area contributed by atoms with Gasteiger partial charge in [0.2, 0.25) is 0 Å². The van der Waals surface area contributed by atoms with Gasteiger partial charge in [-0.2, -0.15) is 0 Å². The van der Waals surface area contributed by atoms with E-state index < -0.39 is 50.8 Å². The number of carbonyl (C=O) groups is 2. The number of halogens is 1. The van der Waals surface area contributed by atoms with Crippen molar-refractivity contribution >= 4 is 29.0 Å². The Bertz CT molecular complexity index is 822. The summed E-state index contributed by atoms with van der Waals surface area (Å²) in [4.78, 5) is 45.0. The molecule has 1 aromatic carbocycles. The molecule has 2 unspecified atom stereocenters. The van der Waals surface area contributed by atoms with Crippen LogP contribution in [0.25, 0.3) is 0 Å². The van der Waals surface area contributed by atoms with Crippen molar-refractivity contribution in [2.75, 3.05) is 14.2 Å². The quantitative estimate of drug-likeness (QED) is 0.226. The molecule has 0 fully saturated rings. The fraction of sp³-hybridized carbons (Fsp3) is 0.333. The van der Waals surface area contributed by atoms with Gasteiger partial charge in [-0.3, -0.25) is 29.8 Å². The number of hydrogen-bond acceptors (Lipinski definition) is 9. The fourth-order valence-electron chi connectivity index (χ4n) is 2.46. The molecule has 0 heterocycles. The van der Waals surface area contributed by atoms with Crippen LogP contribution in [0.3, 0.4) is 0 Å². The minimum absolute atomic E-state index is 0.205. The van der Waals surface area contributed by atoms with E-state index in [-0.39, 0.29) is 10.6 Å². The first-order valence-electron chi connectivity index (χ1n) is 7.20. The van der Waals surface area contributed by atoms with Crippen LogP contribution in [0, 0.1) is 26.1 Å². The Balaban J connectivity index is 3.93. The molecule has 146 valence electrons. The second-order valence-electron chi connectivity index (χ2n) is 5.20. The lowest BCUT2D eigenvalue weighted by Gasteiger charge is -2.22. The topological polar surface area (TPSA) is 159 Å². The molecule has 1 rings (SSSR count). The number of methoxy groups -OCH3 is 2. The average Bonchev–Trinajstić information content (AvgIpc) is 2.60. The highest BCUT2D eigenvalue weighted by molar-refractivity contribution is 6.31. The van der Waals surface area contributed by atoms with Gasteiger partial charge in [-0.1, -0.05) is 11.6 Å². The molecule has 1 N–H and O–H groups in total. The van der Waals surface area contributed by atoms with Crippen molar-refractivity contribution in [3.8, 4) is 0 Å². The van der Waals surface area contributed by atoms with E-state index >= 15 is 0 Å². The molecule has 0 spiro atoms. The predicted molar refractivity (Wildman–Crippen MR) is 90.7 cm³/mol. The molecule has 11 nitrogen and oxygen atoms in total. The molecule has 0 aliphatic carbocycles. The lowest BCUT2D eigenvalue weighted by molar-refractivity contribution is -0.436. The van der Waals surface area contributed by atoms with E-state index in [1.807, 2.05) is 0 Å². The van der Waals surface area contributed by atoms with Crippen molar-refractivity contribution in [3.63, 3.8) is 0 Å². The minimum atomic E-state index is -1.81. The molecule has 0 amide bonds. The van der Waals surface area contributed by atoms with Crippen LogP contribution in [0.4, 0.5) is 5.69 Å². The van der Waals surface area contributed by atoms with Crippen molar-refractivity contribution in [1.82, 2.24) is 0 Å². The third-order valence-corrected chi connectivity index (χ3v) is 4.00. The molecule has 0 saturated carbocycles. The highest BCUT2D eigenvalue weighted by Crippen LogP contribution is 2.40. The Morgan fingerprint density at radius 3 is 2.19 bits per heavy atom. The number of ether oxygens (including phenoxy) is 2. The maximum atomic E-state index is 12.1. The molecule has 1 aromatic rings. The number of aliphatic hydroxyl groups excluding tert-OH is 1. The van der Waals surface area contributed by atoms with E-state index in [0.717, 1.165) is 39.3 Å². The second-order valence-corrected chi connectivity index (χ2v) is 5.61. The summed E-state index contributed by atoms with van der Waals surface area (Å²) in [5.74, 6) is -6.82. The number of rotatable bonds is 8. The number of nitro groups is 2. The number of nitro benzene ring substituents is 1. The molecule has 12 heteroatoms. The van der Waals surface area contributed by atoms with Gasteiger partial charge in [0.15, 0.2) is 0 Å². The number of carbonyl (C=O) groups excluding carboxylic acids is 2. The Labute approximate surface area is 157 Å². The largest absolute Gasteiger partial charge is 0.476 e. The van der Waals surface area contributed by atoms with E-state index in [4.69, 9.17) is 11.6 Å². The Hall–Kier alpha value is -3.21. The van der Waals surface area contributed by atoms with Crippen molar-refractivity contribution in [3.05, 3.63) is 60.7 Å². The predicted octanol–water partition coefficient (Wildman–Crippen LogP) is 2.36. The molecule has 0 aliphatic rings. The van der Waals surface area contributed by atoms with Gasteiger partial charge in [0, 0.05) is 17.2 Å². The number of benzene rings is 1. The molecule has 0 radical (unpaired) electrons. The Morgan fingerprint density at radius 2 is 1.78 bits per heavy atom. The van der Waals surface area contributed by atoms with Gasteiger partial charge in [-0.05, 0) is 18.6 Å². The molecular formula is C15H15ClN2O9. The van der Waals surface area contributed by atoms with Gasteiger partial charge < -0.3 is 14.6 Å². The van der Waals surface area contributed by atoms with Crippen molar-refractivity contribution in [2.45, 2.75) is 12.8 Å². The number of Topliss-reactive ketones (excluding diaryl/α,β-unsaturated/α-hetero) is 1. The van der Waals surface area contributed by atoms with Crippen LogP contribution in [0.5, 0.6) is 0 Å². The normalized spacial score (nSPS) is 13.8. The number of nitrogens with zero attached hydrogens (tertiary/aromatic N) is 2. The zero-order valence-corrected chi connectivity index (χ0v) is 15.1. The average molecular weight is 403 g/mol. The van der Waals surface area contributed by atoms with Crippen molar-refractivity contribution in [1.29, 1.82) is 0 Å². The molecular weight excluding hydrogens is 388 g/mol. The van der Waals surface area contributed by atoms with Gasteiger partial charge in [0.1, 0.15) is 17.6 Å². The lowest BCUT2D eigenvalue weighted by atomic mass is 9.81. The van der Waals surface area contributed by atoms with Gasteiger partial charge in [0.05, 0.1) is 24.1 Å². The third-order valence-electron chi connectivity index (χ3n) is 3.66. The second kappa shape index (κ2) is 8.94. The van der Waals surface area contributed by atoms with Crippen molar-refractivity contribution in [2.24, 2.45) is 5.92 Å². The number of allylic oxidation sites excluding steroid dienone is 1. The Kier molecular flexibility index (Phi) is 7.23. The zero-order valence-electron chi connectivity index (χ0n) is 14.4. The molecule has 27 heavy (non-hydrogen) atoms. The van der Waals surface area contributed by atoms with Gasteiger partial charge in [0.25, 0.3) is 5.69 Å². The summed E-state index contributed by atoms with van der Waals surface area (Å²) in [7, 11) is 1.88. The van der Waals surface area contributed by atoms with Gasteiger partial charge in [-0.25, -0.2) is 0 Å². The number of ketones is 1. The number of non-ortho nitro benzene ring substituents is 1. The summed E-state index contributed by atoms with van der Waals surface area (Å²) in [5, 5.41) is 32.3. The summed E-state index contributed by atoms with van der Waals surface area (Å²) in [6.45, 7) is 0.973. The van der Waals surface area contributed by atoms with Gasteiger partial charge >= 0.3 is 17.6 Å². The first-order chi connectivity index (χ1) is 12.6. The maximum absolute atomic E-state index is 12.1. The highest BCUT2D eigenvalue weighted by atomic mass is 35.5. The van der Waals surface area contributed by atoms with E-state index in [1.54, 1.807) is 0 Å². The van der Waals surface area contributed by atoms with Crippen LogP contribution >= 0.6 is 11.6 Å². The van der Waals surface area contributed by atoms with E-state index in [1.165, 1.54) is 0 Å². The monoisotopic (exact) mass is 402 g/mol. The fourth-order valence-corrected chi connectivity index (χ4v) is 2.70. The summed E-state index contributed by atoms with van der Waals surface area (Å²) >= 11 is 6.04. The summed E-state index contributed by atoms with van der Waals surface area (Å²) in [6.07, 6.45) is 0. The first-order valence-corrected chi connectivity index (χ1v) is 7.58. The van der Waals surface area contributed by atoms with Gasteiger partial charge in [-0.15, -0.1) is 0 Å². The van der Waals surface area contributed by atoms with Crippen LogP contribution in [-0.4, -0.2) is 40.9 Å². The Morgan fingerprint density at radius 1 is 1.19 bits per heavy atom. The van der Waals surface area contributed by atoms with Crippen LogP contribution in [0.15, 0.2) is 29.8 Å². The van der Waals surface area contributed by atoms with Crippen LogP contribution in [0.1, 0.15) is 18.4 Å². The SMILES string of the molecule is COC(=O)C(C(C)=O)C(C(=C(O)OC)[N+](=O)[O-])c1cc([N+](=O)[O-])ccc1Cl. The van der Waals surface area contributed by atoms with Crippen LogP contribution in [-0.2, 0) is 19.1 Å². The van der Waals surface area contributed by atoms with E-state index in [2.05, 4.69) is 9.47 Å². The maximum Gasteiger partial charge on any atom is 0.354 e. The highest BCUT2D eigenvalue weighted by Gasteiger charge is 2.46. The molecule has 0 aromatic heterocycles. The molecule has 0 bridgehead atoms. The first kappa shape index (κ1) is 21.8. The van der Waals surface area contributed by atoms with E-state index in [9.17, 15) is 34.9 Å². The van der Waals surface area contributed by atoms with E-state index in [0.29, 0.717) is 0 Å². The molecule has 2 atom stereocenters. The summed E-state index contributed by atoms with van der Waals surface area (Å²) in [6, 6.07) is 2.99. The van der Waals surface area contributed by atoms with Crippen LogP contribution < -0.4 is 0 Å². The number of esters is 1. The van der Waals surface area contributed by atoms with Crippen LogP contribution in [0.2, 0.25) is 5.02 Å². The van der Waals surface area contributed by atoms with Crippen molar-refractivity contribution < 1.29 is 34.0 Å². The molecule has 0 saturated heterocycles. The smallest absolute Gasteiger partial charge is 0.354 e. The molecule has 0 aliphatic heterocycles. The third kappa shape index (κ3) is 4.70. The number of aliphatic hydroxyl groups is 1. The lowest BCUT2D eigenvalue weighted by Crippen LogP contribution is -2.33. The standard InChI is InChI=1S/C15H15ClN2O9/c1-7(19)11(14(20)26-2)12(13(18(24)25)15(21)27-3)9-6-8(17(22)23)4-5-10(9)16/h4-6,11-12,21H,1-3H3.